The lowest BCUT2D eigenvalue weighted by atomic mass is 9.98. The van der Waals surface area contributed by atoms with Crippen LogP contribution >= 0.6 is 0 Å². The zero-order valence-corrected chi connectivity index (χ0v) is 11.2. The number of nitrogen functional groups attached to an aromatic ring is 1. The number of anilines is 1. The topological polar surface area (TPSA) is 104 Å². The number of rotatable bonds is 4. The summed E-state index contributed by atoms with van der Waals surface area (Å²) in [6.07, 6.45) is 3.26. The summed E-state index contributed by atoms with van der Waals surface area (Å²) in [5.74, 6) is 0.468. The van der Waals surface area contributed by atoms with E-state index < -0.39 is 10.0 Å². The van der Waals surface area contributed by atoms with Crippen molar-refractivity contribution in [2.75, 3.05) is 32.4 Å². The molecule has 4 N–H and O–H groups in total. The summed E-state index contributed by atoms with van der Waals surface area (Å²) in [5.41, 5.74) is 5.51. The van der Waals surface area contributed by atoms with Gasteiger partial charge in [0.2, 0.25) is 10.0 Å². The zero-order valence-electron chi connectivity index (χ0n) is 10.4. The second-order valence-corrected chi connectivity index (χ2v) is 6.48. The van der Waals surface area contributed by atoms with Crippen LogP contribution in [0.3, 0.4) is 0 Å². The average molecular weight is 273 g/mol. The maximum Gasteiger partial charge on any atom is 0.245 e. The van der Waals surface area contributed by atoms with Crippen LogP contribution < -0.4 is 10.5 Å². The van der Waals surface area contributed by atoms with Gasteiger partial charge in [0.1, 0.15) is 10.7 Å². The Balaban J connectivity index is 1.92. The zero-order chi connectivity index (χ0) is 13.2. The highest BCUT2D eigenvalue weighted by molar-refractivity contribution is 7.89. The normalized spacial score (nSPS) is 19.2. The summed E-state index contributed by atoms with van der Waals surface area (Å²) in [5, 5.41) is 6.04. The number of aromatic nitrogens is 2. The van der Waals surface area contributed by atoms with Crippen LogP contribution in [0.1, 0.15) is 12.8 Å². The molecule has 2 heterocycles. The summed E-state index contributed by atoms with van der Waals surface area (Å²) in [4.78, 5) is 2.27. The van der Waals surface area contributed by atoms with E-state index in [4.69, 9.17) is 5.73 Å². The first-order valence-electron chi connectivity index (χ1n) is 5.96. The van der Waals surface area contributed by atoms with Crippen LogP contribution in [0.25, 0.3) is 0 Å². The molecule has 102 valence electrons. The van der Waals surface area contributed by atoms with E-state index in [0.717, 1.165) is 25.9 Å². The monoisotopic (exact) mass is 273 g/mol. The van der Waals surface area contributed by atoms with Gasteiger partial charge in [0.05, 0.1) is 6.20 Å². The largest absolute Gasteiger partial charge is 0.383 e. The van der Waals surface area contributed by atoms with Gasteiger partial charge in [0.25, 0.3) is 0 Å². The van der Waals surface area contributed by atoms with Gasteiger partial charge in [-0.1, -0.05) is 0 Å². The average Bonchev–Trinajstić information content (AvgIpc) is 2.76. The van der Waals surface area contributed by atoms with E-state index in [1.165, 1.54) is 6.20 Å². The number of aromatic amines is 1. The minimum Gasteiger partial charge on any atom is -0.383 e. The number of nitrogens with zero attached hydrogens (tertiary/aromatic N) is 2. The number of sulfonamides is 1. The summed E-state index contributed by atoms with van der Waals surface area (Å²) >= 11 is 0. The molecule has 18 heavy (non-hydrogen) atoms. The van der Waals surface area contributed by atoms with Gasteiger partial charge >= 0.3 is 0 Å². The number of nitrogens with two attached hydrogens (primary N) is 1. The molecule has 0 saturated carbocycles. The summed E-state index contributed by atoms with van der Waals surface area (Å²) in [6.45, 7) is 2.49. The molecule has 1 aliphatic rings. The maximum absolute atomic E-state index is 12.0. The lowest BCUT2D eigenvalue weighted by Crippen LogP contribution is -2.36. The molecule has 2 rings (SSSR count). The van der Waals surface area contributed by atoms with Gasteiger partial charge in [-0.15, -0.1) is 0 Å². The Morgan fingerprint density at radius 2 is 2.22 bits per heavy atom. The lowest BCUT2D eigenvalue weighted by Gasteiger charge is -2.28. The van der Waals surface area contributed by atoms with Crippen molar-refractivity contribution in [3.8, 4) is 0 Å². The molecule has 1 fully saturated rings. The number of likely N-dealkylation sites (tertiary alicyclic amines) is 1. The molecule has 7 nitrogen and oxygen atoms in total. The molecule has 0 aliphatic carbocycles. The Morgan fingerprint density at radius 1 is 1.56 bits per heavy atom. The molecule has 0 atom stereocenters. The lowest BCUT2D eigenvalue weighted by molar-refractivity contribution is 0.220. The predicted octanol–water partition coefficient (Wildman–Crippen LogP) is -0.388. The van der Waals surface area contributed by atoms with Crippen LogP contribution in [0, 0.1) is 5.92 Å². The van der Waals surface area contributed by atoms with E-state index in [1.807, 2.05) is 0 Å². The highest BCUT2D eigenvalue weighted by Gasteiger charge is 2.22. The van der Waals surface area contributed by atoms with E-state index in [-0.39, 0.29) is 10.7 Å². The quantitative estimate of drug-likeness (QED) is 0.693. The Morgan fingerprint density at radius 3 is 2.78 bits per heavy atom. The van der Waals surface area contributed by atoms with E-state index in [2.05, 4.69) is 26.9 Å². The molecular formula is C10H19N5O2S. The molecule has 0 spiro atoms. The summed E-state index contributed by atoms with van der Waals surface area (Å²) < 4.78 is 26.5. The van der Waals surface area contributed by atoms with E-state index in [1.54, 1.807) is 0 Å². The minimum absolute atomic E-state index is 0.0235. The Labute approximate surface area is 107 Å². The van der Waals surface area contributed by atoms with Crippen LogP contribution in [0.4, 0.5) is 5.82 Å². The number of nitrogens with one attached hydrogen (secondary N) is 2. The van der Waals surface area contributed by atoms with E-state index in [9.17, 15) is 8.42 Å². The first-order chi connectivity index (χ1) is 8.49. The molecule has 0 unspecified atom stereocenters. The van der Waals surface area contributed by atoms with Gasteiger partial charge in [-0.3, -0.25) is 5.10 Å². The summed E-state index contributed by atoms with van der Waals surface area (Å²) in [7, 11) is -1.47. The van der Waals surface area contributed by atoms with E-state index in [0.29, 0.717) is 12.5 Å². The first kappa shape index (κ1) is 13.3. The molecule has 8 heteroatoms. The third-order valence-electron chi connectivity index (χ3n) is 3.32. The van der Waals surface area contributed by atoms with Crippen LogP contribution in [0.5, 0.6) is 0 Å². The minimum atomic E-state index is -3.54. The van der Waals surface area contributed by atoms with Crippen molar-refractivity contribution in [1.82, 2.24) is 19.8 Å². The second-order valence-electron chi connectivity index (χ2n) is 4.75. The van der Waals surface area contributed by atoms with Crippen molar-refractivity contribution in [1.29, 1.82) is 0 Å². The standard InChI is InChI=1S/C10H19N5O2S/c1-15-4-2-8(3-5-15)6-13-18(16,17)9-7-12-14-10(9)11/h7-8,13H,2-6H2,1H3,(H3,11,12,14). The number of piperidine rings is 1. The van der Waals surface area contributed by atoms with Gasteiger partial charge < -0.3 is 10.6 Å². The third-order valence-corrected chi connectivity index (χ3v) is 4.77. The fraction of sp³-hybridized carbons (Fsp3) is 0.700. The van der Waals surface area contributed by atoms with Crippen LogP contribution in [0.15, 0.2) is 11.1 Å². The molecule has 0 amide bonds. The second kappa shape index (κ2) is 5.25. The Kier molecular flexibility index (Phi) is 3.88. The van der Waals surface area contributed by atoms with Crippen molar-refractivity contribution in [3.63, 3.8) is 0 Å². The third kappa shape index (κ3) is 3.01. The van der Waals surface area contributed by atoms with Crippen molar-refractivity contribution >= 4 is 15.8 Å². The molecule has 1 saturated heterocycles. The van der Waals surface area contributed by atoms with Crippen LogP contribution in [-0.2, 0) is 10.0 Å². The molecule has 0 aromatic carbocycles. The van der Waals surface area contributed by atoms with Crippen LogP contribution in [0.2, 0.25) is 0 Å². The Hall–Kier alpha value is -1.12. The SMILES string of the molecule is CN1CCC(CNS(=O)(=O)c2cn[nH]c2N)CC1. The van der Waals surface area contributed by atoms with Gasteiger partial charge in [-0.25, -0.2) is 13.1 Å². The number of hydrogen-bond acceptors (Lipinski definition) is 5. The van der Waals surface area contributed by atoms with Crippen molar-refractivity contribution in [2.45, 2.75) is 17.7 Å². The molecule has 1 aliphatic heterocycles. The first-order valence-corrected chi connectivity index (χ1v) is 7.44. The number of H-pyrrole nitrogens is 1. The Bertz CT molecular complexity index is 490. The van der Waals surface area contributed by atoms with Crippen molar-refractivity contribution in [2.24, 2.45) is 5.92 Å². The fourth-order valence-corrected chi connectivity index (χ4v) is 3.21. The van der Waals surface area contributed by atoms with Crippen molar-refractivity contribution in [3.05, 3.63) is 6.20 Å². The summed E-state index contributed by atoms with van der Waals surface area (Å²) in [6, 6.07) is 0. The van der Waals surface area contributed by atoms with Gasteiger partial charge in [0, 0.05) is 6.54 Å². The van der Waals surface area contributed by atoms with E-state index >= 15 is 0 Å². The molecule has 0 bridgehead atoms. The highest BCUT2D eigenvalue weighted by atomic mass is 32.2. The fourth-order valence-electron chi connectivity index (χ4n) is 2.07. The van der Waals surface area contributed by atoms with Gasteiger partial charge in [-0.05, 0) is 38.9 Å². The smallest absolute Gasteiger partial charge is 0.245 e. The number of hydrogen-bond donors (Lipinski definition) is 3. The predicted molar refractivity (Wildman–Crippen MR) is 68.4 cm³/mol. The van der Waals surface area contributed by atoms with Gasteiger partial charge in [0.15, 0.2) is 0 Å². The van der Waals surface area contributed by atoms with Crippen molar-refractivity contribution < 1.29 is 8.42 Å². The molecule has 1 aromatic heterocycles. The molecule has 1 aromatic rings. The molecule has 0 radical (unpaired) electrons. The maximum atomic E-state index is 12.0. The highest BCUT2D eigenvalue weighted by Crippen LogP contribution is 2.17. The van der Waals surface area contributed by atoms with Gasteiger partial charge in [-0.2, -0.15) is 5.10 Å². The van der Waals surface area contributed by atoms with Crippen LogP contribution in [-0.4, -0.2) is 50.2 Å². The molecular weight excluding hydrogens is 254 g/mol.